The van der Waals surface area contributed by atoms with Gasteiger partial charge in [0, 0.05) is 31.6 Å². The van der Waals surface area contributed by atoms with Gasteiger partial charge in [0.1, 0.15) is 12.2 Å². The monoisotopic (exact) mass is 372 g/mol. The molecule has 26 heavy (non-hydrogen) atoms. The predicted molar refractivity (Wildman–Crippen MR) is 95.8 cm³/mol. The van der Waals surface area contributed by atoms with Gasteiger partial charge in [0.2, 0.25) is 5.91 Å². The molecule has 1 aliphatic carbocycles. The quantitative estimate of drug-likeness (QED) is 0.643. The van der Waals surface area contributed by atoms with E-state index in [1.54, 1.807) is 4.90 Å². The Bertz CT molecular complexity index is 473. The standard InChI is InChI=1S/C18H33FN4O3/c1-11-14(12(2)26-22-11)9-23(3)18(24)16-8-13(20-21-16)10-25-17-7-5-4-6-15(17)19/h11-17,20-22H,4-10H2,1-3H3. The molecule has 0 aromatic rings. The topological polar surface area (TPSA) is 74.9 Å². The Hall–Kier alpha value is -0.800. The first-order valence-corrected chi connectivity index (χ1v) is 9.88. The van der Waals surface area contributed by atoms with Crippen LogP contribution in [0, 0.1) is 5.92 Å². The van der Waals surface area contributed by atoms with Crippen LogP contribution in [0.3, 0.4) is 0 Å². The number of hydrogen-bond donors (Lipinski definition) is 3. The molecule has 0 radical (unpaired) electrons. The van der Waals surface area contributed by atoms with Gasteiger partial charge in [0.25, 0.3) is 0 Å². The number of carbonyl (C=O) groups is 1. The summed E-state index contributed by atoms with van der Waals surface area (Å²) in [6.45, 7) is 5.17. The maximum absolute atomic E-state index is 13.9. The maximum Gasteiger partial charge on any atom is 0.240 e. The number of alkyl halides is 1. The van der Waals surface area contributed by atoms with E-state index in [1.807, 2.05) is 14.0 Å². The fourth-order valence-corrected chi connectivity index (χ4v) is 4.15. The molecule has 2 aliphatic heterocycles. The molecular weight excluding hydrogens is 339 g/mol. The summed E-state index contributed by atoms with van der Waals surface area (Å²) in [6, 6.07) is -0.0250. The first kappa shape index (κ1) is 19.9. The molecule has 1 saturated carbocycles. The van der Waals surface area contributed by atoms with Gasteiger partial charge >= 0.3 is 0 Å². The minimum Gasteiger partial charge on any atom is -0.374 e. The lowest BCUT2D eigenvalue weighted by molar-refractivity contribution is -0.132. The third-order valence-corrected chi connectivity index (χ3v) is 5.96. The van der Waals surface area contributed by atoms with Crippen LogP contribution >= 0.6 is 0 Å². The summed E-state index contributed by atoms with van der Waals surface area (Å²) in [5, 5.41) is 0. The molecule has 7 atom stereocenters. The van der Waals surface area contributed by atoms with E-state index in [9.17, 15) is 9.18 Å². The highest BCUT2D eigenvalue weighted by atomic mass is 19.1. The van der Waals surface area contributed by atoms with Gasteiger partial charge < -0.3 is 9.64 Å². The molecule has 0 spiro atoms. The number of nitrogens with zero attached hydrogens (tertiary/aromatic N) is 1. The van der Waals surface area contributed by atoms with E-state index < -0.39 is 6.17 Å². The van der Waals surface area contributed by atoms with Crippen LogP contribution < -0.4 is 16.3 Å². The van der Waals surface area contributed by atoms with Crippen LogP contribution in [0.5, 0.6) is 0 Å². The lowest BCUT2D eigenvalue weighted by Crippen LogP contribution is -2.47. The van der Waals surface area contributed by atoms with Crippen molar-refractivity contribution in [3.05, 3.63) is 0 Å². The van der Waals surface area contributed by atoms with Crippen LogP contribution in [0.1, 0.15) is 46.0 Å². The van der Waals surface area contributed by atoms with Crippen molar-refractivity contribution in [2.75, 3.05) is 20.2 Å². The Morgan fingerprint density at radius 2 is 2.04 bits per heavy atom. The molecule has 7 nitrogen and oxygen atoms in total. The highest BCUT2D eigenvalue weighted by molar-refractivity contribution is 5.82. The van der Waals surface area contributed by atoms with E-state index in [-0.39, 0.29) is 42.2 Å². The average molecular weight is 372 g/mol. The Labute approximate surface area is 155 Å². The molecule has 0 bridgehead atoms. The molecule has 3 rings (SSSR count). The van der Waals surface area contributed by atoms with Crippen LogP contribution in [0.4, 0.5) is 4.39 Å². The molecule has 3 fully saturated rings. The van der Waals surface area contributed by atoms with E-state index >= 15 is 0 Å². The third-order valence-electron chi connectivity index (χ3n) is 5.96. The van der Waals surface area contributed by atoms with Gasteiger partial charge in [-0.25, -0.2) is 9.82 Å². The highest BCUT2D eigenvalue weighted by Crippen LogP contribution is 2.24. The van der Waals surface area contributed by atoms with E-state index in [1.165, 1.54) is 0 Å². The number of hydroxylamine groups is 1. The zero-order valence-corrected chi connectivity index (χ0v) is 16.0. The molecule has 8 heteroatoms. The lowest BCUT2D eigenvalue weighted by atomic mass is 9.96. The van der Waals surface area contributed by atoms with Gasteiger partial charge in [-0.3, -0.25) is 15.1 Å². The van der Waals surface area contributed by atoms with Crippen molar-refractivity contribution >= 4 is 5.91 Å². The van der Waals surface area contributed by atoms with Crippen LogP contribution in [0.25, 0.3) is 0 Å². The Morgan fingerprint density at radius 1 is 1.27 bits per heavy atom. The van der Waals surface area contributed by atoms with Gasteiger partial charge in [-0.05, 0) is 33.1 Å². The van der Waals surface area contributed by atoms with E-state index in [0.29, 0.717) is 26.0 Å². The number of halogens is 1. The second kappa shape index (κ2) is 8.93. The summed E-state index contributed by atoms with van der Waals surface area (Å²) in [6.07, 6.45) is 2.96. The Balaban J connectivity index is 1.41. The summed E-state index contributed by atoms with van der Waals surface area (Å²) >= 11 is 0. The van der Waals surface area contributed by atoms with Gasteiger partial charge in [0.05, 0.1) is 18.8 Å². The average Bonchev–Trinajstić information content (AvgIpc) is 3.22. The number of amides is 1. The van der Waals surface area contributed by atoms with Crippen molar-refractivity contribution in [3.63, 3.8) is 0 Å². The van der Waals surface area contributed by atoms with Crippen molar-refractivity contribution in [3.8, 4) is 0 Å². The first-order chi connectivity index (χ1) is 12.5. The lowest BCUT2D eigenvalue weighted by Gasteiger charge is -2.27. The highest BCUT2D eigenvalue weighted by Gasteiger charge is 2.37. The fourth-order valence-electron chi connectivity index (χ4n) is 4.15. The number of hydrazine groups is 1. The second-order valence-corrected chi connectivity index (χ2v) is 8.06. The number of hydrogen-bond acceptors (Lipinski definition) is 6. The van der Waals surface area contributed by atoms with Crippen LogP contribution in [0.15, 0.2) is 0 Å². The number of carbonyl (C=O) groups excluding carboxylic acids is 1. The van der Waals surface area contributed by atoms with Crippen LogP contribution in [-0.2, 0) is 14.4 Å². The molecule has 0 aromatic carbocycles. The van der Waals surface area contributed by atoms with Gasteiger partial charge in [-0.2, -0.15) is 5.48 Å². The summed E-state index contributed by atoms with van der Waals surface area (Å²) in [5.74, 6) is 0.331. The molecule has 3 N–H and O–H groups in total. The van der Waals surface area contributed by atoms with Crippen molar-refractivity contribution in [1.82, 2.24) is 21.2 Å². The molecule has 7 unspecified atom stereocenters. The fraction of sp³-hybridized carbons (Fsp3) is 0.944. The molecule has 2 saturated heterocycles. The third kappa shape index (κ3) is 4.72. The van der Waals surface area contributed by atoms with E-state index in [2.05, 4.69) is 23.3 Å². The molecule has 150 valence electrons. The van der Waals surface area contributed by atoms with Crippen molar-refractivity contribution in [2.45, 2.75) is 82.5 Å². The normalized spacial score (nSPS) is 40.7. The predicted octanol–water partition coefficient (Wildman–Crippen LogP) is 0.905. The van der Waals surface area contributed by atoms with E-state index in [4.69, 9.17) is 9.57 Å². The summed E-state index contributed by atoms with van der Waals surface area (Å²) in [4.78, 5) is 19.9. The van der Waals surface area contributed by atoms with Crippen LogP contribution in [-0.4, -0.2) is 67.5 Å². The first-order valence-electron chi connectivity index (χ1n) is 9.88. The number of rotatable bonds is 6. The maximum atomic E-state index is 13.9. The molecule has 2 heterocycles. The summed E-state index contributed by atoms with van der Waals surface area (Å²) in [5.41, 5.74) is 9.18. The van der Waals surface area contributed by atoms with Crippen LogP contribution in [0.2, 0.25) is 0 Å². The number of nitrogens with one attached hydrogen (secondary N) is 3. The van der Waals surface area contributed by atoms with E-state index in [0.717, 1.165) is 19.3 Å². The second-order valence-electron chi connectivity index (χ2n) is 8.06. The SMILES string of the molecule is CC1NOC(C)C1CN(C)C(=O)C1CC(COC2CCCCC2F)NN1. The van der Waals surface area contributed by atoms with Gasteiger partial charge in [-0.1, -0.05) is 12.8 Å². The minimum absolute atomic E-state index is 0.0285. The summed E-state index contributed by atoms with van der Waals surface area (Å²) in [7, 11) is 1.83. The van der Waals surface area contributed by atoms with Gasteiger partial charge in [-0.15, -0.1) is 0 Å². The smallest absolute Gasteiger partial charge is 0.240 e. The van der Waals surface area contributed by atoms with Crippen molar-refractivity contribution < 1.29 is 18.8 Å². The zero-order valence-electron chi connectivity index (χ0n) is 16.0. The molecular formula is C18H33FN4O3. The molecule has 0 aromatic heterocycles. The largest absolute Gasteiger partial charge is 0.374 e. The van der Waals surface area contributed by atoms with Gasteiger partial charge in [0.15, 0.2) is 0 Å². The Kier molecular flexibility index (Phi) is 6.85. The molecule has 1 amide bonds. The molecule has 3 aliphatic rings. The number of likely N-dealkylation sites (N-methyl/N-ethyl adjacent to an activating group) is 1. The summed E-state index contributed by atoms with van der Waals surface area (Å²) < 4.78 is 19.6. The Morgan fingerprint density at radius 3 is 2.73 bits per heavy atom. The number of ether oxygens (including phenoxy) is 1. The van der Waals surface area contributed by atoms with Crippen molar-refractivity contribution in [2.24, 2.45) is 5.92 Å². The minimum atomic E-state index is -0.854. The zero-order chi connectivity index (χ0) is 18.7. The van der Waals surface area contributed by atoms with Crippen molar-refractivity contribution in [1.29, 1.82) is 0 Å².